The number of carboxylic acids is 2. The van der Waals surface area contributed by atoms with Crippen LogP contribution in [-0.4, -0.2) is 64.0 Å². The highest BCUT2D eigenvalue weighted by molar-refractivity contribution is 5.95. The van der Waals surface area contributed by atoms with Crippen molar-refractivity contribution in [1.82, 2.24) is 16.0 Å². The van der Waals surface area contributed by atoms with Crippen LogP contribution in [0.15, 0.2) is 30.3 Å². The minimum absolute atomic E-state index is 0.0168. The molecule has 11 heteroatoms. The maximum Gasteiger partial charge on any atom is 0.326 e. The molecule has 0 aliphatic heterocycles. The van der Waals surface area contributed by atoms with Gasteiger partial charge in [0.2, 0.25) is 17.7 Å². The van der Waals surface area contributed by atoms with Crippen LogP contribution in [0.25, 0.3) is 0 Å². The molecule has 0 fully saturated rings. The Bertz CT molecular complexity index is 891. The molecule has 194 valence electrons. The van der Waals surface area contributed by atoms with E-state index in [-0.39, 0.29) is 18.3 Å². The van der Waals surface area contributed by atoms with Crippen LogP contribution < -0.4 is 21.7 Å². The SMILES string of the molecule is CCC(C)C(N)C(=O)NC(C(=O)NC(Cc1ccccc1)C(=O)NC(CC(=O)O)C(=O)O)C(C)C. The molecule has 1 aromatic carbocycles. The lowest BCUT2D eigenvalue weighted by Gasteiger charge is -2.28. The van der Waals surface area contributed by atoms with Gasteiger partial charge >= 0.3 is 11.9 Å². The monoisotopic (exact) mass is 492 g/mol. The summed E-state index contributed by atoms with van der Waals surface area (Å²) >= 11 is 0. The molecule has 35 heavy (non-hydrogen) atoms. The van der Waals surface area contributed by atoms with E-state index in [9.17, 15) is 29.1 Å². The van der Waals surface area contributed by atoms with Crippen LogP contribution in [0.4, 0.5) is 0 Å². The van der Waals surface area contributed by atoms with Gasteiger partial charge in [-0.1, -0.05) is 64.4 Å². The topological polar surface area (TPSA) is 188 Å². The van der Waals surface area contributed by atoms with E-state index < -0.39 is 60.2 Å². The van der Waals surface area contributed by atoms with Crippen LogP contribution in [-0.2, 0) is 30.4 Å². The summed E-state index contributed by atoms with van der Waals surface area (Å²) in [4.78, 5) is 61.1. The van der Waals surface area contributed by atoms with Crippen LogP contribution in [0.1, 0.15) is 46.1 Å². The van der Waals surface area contributed by atoms with Gasteiger partial charge < -0.3 is 31.9 Å². The molecule has 0 aliphatic rings. The smallest absolute Gasteiger partial charge is 0.326 e. The zero-order valence-electron chi connectivity index (χ0n) is 20.5. The van der Waals surface area contributed by atoms with Crippen molar-refractivity contribution in [3.05, 3.63) is 35.9 Å². The molecule has 1 aromatic rings. The molecule has 0 aliphatic carbocycles. The Hall–Kier alpha value is -3.47. The first-order chi connectivity index (χ1) is 16.4. The molecule has 0 saturated carbocycles. The number of rotatable bonds is 14. The summed E-state index contributed by atoms with van der Waals surface area (Å²) in [5.41, 5.74) is 6.67. The highest BCUT2D eigenvalue weighted by Gasteiger charge is 2.33. The number of carbonyl (C=O) groups excluding carboxylic acids is 3. The van der Waals surface area contributed by atoms with Crippen molar-refractivity contribution in [2.45, 2.75) is 71.1 Å². The molecule has 0 saturated heterocycles. The molecule has 5 unspecified atom stereocenters. The predicted octanol–water partition coefficient (Wildman–Crippen LogP) is 0.272. The number of nitrogens with one attached hydrogen (secondary N) is 3. The number of hydrogen-bond acceptors (Lipinski definition) is 6. The van der Waals surface area contributed by atoms with Gasteiger partial charge in [-0.05, 0) is 17.4 Å². The molecule has 0 aromatic heterocycles. The third-order valence-electron chi connectivity index (χ3n) is 5.72. The van der Waals surface area contributed by atoms with Gasteiger partial charge in [0.05, 0.1) is 12.5 Å². The van der Waals surface area contributed by atoms with E-state index in [1.807, 2.05) is 13.8 Å². The summed E-state index contributed by atoms with van der Waals surface area (Å²) in [5.74, 6) is -5.37. The Kier molecular flexibility index (Phi) is 11.9. The normalized spacial score (nSPS) is 15.3. The summed E-state index contributed by atoms with van der Waals surface area (Å²) in [6.45, 7) is 7.16. The van der Waals surface area contributed by atoms with Crippen molar-refractivity contribution in [3.8, 4) is 0 Å². The molecular weight excluding hydrogens is 456 g/mol. The van der Waals surface area contributed by atoms with Gasteiger partial charge in [-0.15, -0.1) is 0 Å². The number of hydrogen-bond donors (Lipinski definition) is 6. The molecule has 0 spiro atoms. The molecular formula is C24H36N4O7. The number of amides is 3. The Balaban J connectivity index is 3.11. The molecule has 11 nitrogen and oxygen atoms in total. The van der Waals surface area contributed by atoms with Crippen molar-refractivity contribution in [3.63, 3.8) is 0 Å². The summed E-state index contributed by atoms with van der Waals surface area (Å²) < 4.78 is 0. The lowest BCUT2D eigenvalue weighted by Crippen LogP contribution is -2.59. The number of aliphatic carboxylic acids is 2. The van der Waals surface area contributed by atoms with E-state index in [1.54, 1.807) is 44.2 Å². The summed E-state index contributed by atoms with van der Waals surface area (Å²) in [5, 5.41) is 25.6. The average molecular weight is 493 g/mol. The Morgan fingerprint density at radius 3 is 1.91 bits per heavy atom. The first kappa shape index (κ1) is 29.6. The van der Waals surface area contributed by atoms with E-state index >= 15 is 0 Å². The number of benzene rings is 1. The second-order valence-electron chi connectivity index (χ2n) is 8.89. The quantitative estimate of drug-likeness (QED) is 0.213. The van der Waals surface area contributed by atoms with Gasteiger partial charge in [0.15, 0.2) is 0 Å². The van der Waals surface area contributed by atoms with Crippen molar-refractivity contribution in [1.29, 1.82) is 0 Å². The summed E-state index contributed by atoms with van der Waals surface area (Å²) in [7, 11) is 0. The molecule has 3 amide bonds. The van der Waals surface area contributed by atoms with Crippen LogP contribution >= 0.6 is 0 Å². The standard InChI is InChI=1S/C24H36N4O7/c1-5-14(4)19(25)22(32)28-20(13(2)3)23(33)26-16(11-15-9-7-6-8-10-15)21(31)27-17(24(34)35)12-18(29)30/h6-10,13-14,16-17,19-20H,5,11-12,25H2,1-4H3,(H,26,33)(H,27,31)(H,28,32)(H,29,30)(H,34,35). The predicted molar refractivity (Wildman–Crippen MR) is 128 cm³/mol. The molecule has 7 N–H and O–H groups in total. The van der Waals surface area contributed by atoms with E-state index in [1.165, 1.54) is 0 Å². The summed E-state index contributed by atoms with van der Waals surface area (Å²) in [6.07, 6.45) is -0.137. The third-order valence-corrected chi connectivity index (χ3v) is 5.72. The van der Waals surface area contributed by atoms with Gasteiger partial charge in [-0.3, -0.25) is 19.2 Å². The Morgan fingerprint density at radius 2 is 1.43 bits per heavy atom. The highest BCUT2D eigenvalue weighted by Crippen LogP contribution is 2.10. The van der Waals surface area contributed by atoms with Gasteiger partial charge in [-0.2, -0.15) is 0 Å². The highest BCUT2D eigenvalue weighted by atomic mass is 16.4. The van der Waals surface area contributed by atoms with Gasteiger partial charge in [0.25, 0.3) is 0 Å². The zero-order chi connectivity index (χ0) is 26.7. The van der Waals surface area contributed by atoms with E-state index in [0.29, 0.717) is 12.0 Å². The minimum atomic E-state index is -1.68. The van der Waals surface area contributed by atoms with E-state index in [2.05, 4.69) is 16.0 Å². The zero-order valence-corrected chi connectivity index (χ0v) is 20.5. The van der Waals surface area contributed by atoms with Crippen molar-refractivity contribution < 1.29 is 34.2 Å². The van der Waals surface area contributed by atoms with Crippen molar-refractivity contribution in [2.24, 2.45) is 17.6 Å². The molecule has 5 atom stereocenters. The third kappa shape index (κ3) is 9.73. The van der Waals surface area contributed by atoms with E-state index in [0.717, 1.165) is 0 Å². The second-order valence-corrected chi connectivity index (χ2v) is 8.89. The lowest BCUT2D eigenvalue weighted by molar-refractivity contribution is -0.147. The first-order valence-corrected chi connectivity index (χ1v) is 11.5. The number of carboxylic acid groups (broad SMARTS) is 2. The van der Waals surface area contributed by atoms with Gasteiger partial charge in [-0.25, -0.2) is 4.79 Å². The van der Waals surface area contributed by atoms with E-state index in [4.69, 9.17) is 10.8 Å². The number of nitrogens with two attached hydrogens (primary N) is 1. The fraction of sp³-hybridized carbons (Fsp3) is 0.542. The van der Waals surface area contributed by atoms with Gasteiger partial charge in [0, 0.05) is 6.42 Å². The average Bonchev–Trinajstić information content (AvgIpc) is 2.80. The van der Waals surface area contributed by atoms with Crippen LogP contribution in [0.3, 0.4) is 0 Å². The van der Waals surface area contributed by atoms with Crippen molar-refractivity contribution in [2.75, 3.05) is 0 Å². The molecule has 0 heterocycles. The fourth-order valence-corrected chi connectivity index (χ4v) is 3.26. The maximum absolute atomic E-state index is 13.1. The van der Waals surface area contributed by atoms with Gasteiger partial charge in [0.1, 0.15) is 18.1 Å². The summed E-state index contributed by atoms with van der Waals surface area (Å²) in [6, 6.07) is 3.99. The fourth-order valence-electron chi connectivity index (χ4n) is 3.26. The second kappa shape index (κ2) is 14.1. The number of carbonyl (C=O) groups is 5. The lowest BCUT2D eigenvalue weighted by atomic mass is 9.97. The minimum Gasteiger partial charge on any atom is -0.481 e. The Morgan fingerprint density at radius 1 is 0.857 bits per heavy atom. The van der Waals surface area contributed by atoms with Crippen LogP contribution in [0.2, 0.25) is 0 Å². The maximum atomic E-state index is 13.1. The largest absolute Gasteiger partial charge is 0.481 e. The molecule has 1 rings (SSSR count). The first-order valence-electron chi connectivity index (χ1n) is 11.5. The molecule has 0 radical (unpaired) electrons. The van der Waals surface area contributed by atoms with Crippen LogP contribution in [0, 0.1) is 11.8 Å². The Labute approximate surface area is 204 Å². The van der Waals surface area contributed by atoms with Crippen molar-refractivity contribution >= 4 is 29.7 Å². The molecule has 0 bridgehead atoms. The van der Waals surface area contributed by atoms with Crippen LogP contribution in [0.5, 0.6) is 0 Å².